The Kier molecular flexibility index (Phi) is 2.49. The summed E-state index contributed by atoms with van der Waals surface area (Å²) in [5.41, 5.74) is 3.48. The van der Waals surface area contributed by atoms with Crippen molar-refractivity contribution in [1.29, 1.82) is 0 Å². The molecule has 0 fully saturated rings. The van der Waals surface area contributed by atoms with Crippen LogP contribution in [0.5, 0.6) is 0 Å². The molecule has 1 heterocycles. The summed E-state index contributed by atoms with van der Waals surface area (Å²) < 4.78 is 0. The van der Waals surface area contributed by atoms with Crippen molar-refractivity contribution < 1.29 is 9.63 Å². The van der Waals surface area contributed by atoms with E-state index in [1.54, 1.807) is 6.08 Å². The van der Waals surface area contributed by atoms with Crippen LogP contribution in [0.15, 0.2) is 42.7 Å². The van der Waals surface area contributed by atoms with Gasteiger partial charge in [0.15, 0.2) is 0 Å². The average Bonchev–Trinajstić information content (AvgIpc) is 2.23. The van der Waals surface area contributed by atoms with Gasteiger partial charge in [-0.25, -0.2) is 0 Å². The smallest absolute Gasteiger partial charge is 0.259 e. The first-order chi connectivity index (χ1) is 6.86. The van der Waals surface area contributed by atoms with Gasteiger partial charge in [0.05, 0.1) is 5.92 Å². The third kappa shape index (κ3) is 1.93. The number of hydroxylamine groups is 1. The molecule has 72 valence electrons. The zero-order chi connectivity index (χ0) is 9.80. The normalized spacial score (nSPS) is 20.0. The van der Waals surface area contributed by atoms with Gasteiger partial charge in [-0.1, -0.05) is 30.3 Å². The van der Waals surface area contributed by atoms with E-state index in [1.807, 2.05) is 30.3 Å². The molecule has 1 aliphatic rings. The lowest BCUT2D eigenvalue weighted by Gasteiger charge is -2.16. The molecule has 1 aliphatic heterocycles. The Balaban J connectivity index is 2.07. The van der Waals surface area contributed by atoms with E-state index in [0.29, 0.717) is 6.42 Å². The van der Waals surface area contributed by atoms with Gasteiger partial charge in [-0.3, -0.25) is 4.79 Å². The second-order valence-electron chi connectivity index (χ2n) is 3.21. The lowest BCUT2D eigenvalue weighted by molar-refractivity contribution is -0.134. The molecule has 14 heavy (non-hydrogen) atoms. The molecule has 1 amide bonds. The van der Waals surface area contributed by atoms with Crippen molar-refractivity contribution in [2.75, 3.05) is 0 Å². The highest BCUT2D eigenvalue weighted by atomic mass is 16.6. The van der Waals surface area contributed by atoms with Crippen LogP contribution in [0.25, 0.3) is 0 Å². The van der Waals surface area contributed by atoms with Crippen LogP contribution in [0.3, 0.4) is 0 Å². The maximum absolute atomic E-state index is 11.3. The average molecular weight is 189 g/mol. The second-order valence-corrected chi connectivity index (χ2v) is 3.21. The van der Waals surface area contributed by atoms with E-state index in [4.69, 9.17) is 0 Å². The number of hydrogen-bond acceptors (Lipinski definition) is 2. The molecule has 0 spiro atoms. The summed E-state index contributed by atoms with van der Waals surface area (Å²) in [5.74, 6) is -0.206. The van der Waals surface area contributed by atoms with Gasteiger partial charge in [0, 0.05) is 0 Å². The standard InChI is InChI=1S/C11H11NO2/c13-11-10(6-7-14-12-11)8-9-4-2-1-3-5-9/h1-7,10H,8H2,(H,12,13). The third-order valence-electron chi connectivity index (χ3n) is 2.17. The van der Waals surface area contributed by atoms with E-state index in [2.05, 4.69) is 10.3 Å². The number of benzene rings is 1. The topological polar surface area (TPSA) is 38.3 Å². The number of rotatable bonds is 2. The first-order valence-corrected chi connectivity index (χ1v) is 4.52. The molecule has 1 atom stereocenters. The van der Waals surface area contributed by atoms with Crippen molar-refractivity contribution >= 4 is 5.91 Å². The van der Waals surface area contributed by atoms with Crippen molar-refractivity contribution in [2.45, 2.75) is 6.42 Å². The molecule has 0 saturated heterocycles. The Labute approximate surface area is 82.3 Å². The number of nitrogens with one attached hydrogen (secondary N) is 1. The number of hydrogen-bond donors (Lipinski definition) is 1. The first-order valence-electron chi connectivity index (χ1n) is 4.52. The fraction of sp³-hybridized carbons (Fsp3) is 0.182. The van der Waals surface area contributed by atoms with Gasteiger partial charge in [-0.15, -0.1) is 0 Å². The fourth-order valence-corrected chi connectivity index (χ4v) is 1.42. The molecule has 0 bridgehead atoms. The zero-order valence-corrected chi connectivity index (χ0v) is 7.64. The van der Waals surface area contributed by atoms with Crippen LogP contribution in [0.4, 0.5) is 0 Å². The molecular weight excluding hydrogens is 178 g/mol. The van der Waals surface area contributed by atoms with Gasteiger partial charge in [-0.2, -0.15) is 5.48 Å². The molecule has 2 rings (SSSR count). The van der Waals surface area contributed by atoms with Gasteiger partial charge in [-0.05, 0) is 18.1 Å². The van der Waals surface area contributed by atoms with Crippen LogP contribution in [-0.2, 0) is 16.1 Å². The van der Waals surface area contributed by atoms with Crippen molar-refractivity contribution in [2.24, 2.45) is 5.92 Å². The maximum Gasteiger partial charge on any atom is 0.259 e. The predicted octanol–water partition coefficient (Wildman–Crippen LogP) is 1.42. The molecule has 0 saturated carbocycles. The Hall–Kier alpha value is -1.77. The Morgan fingerprint density at radius 1 is 1.29 bits per heavy atom. The summed E-state index contributed by atoms with van der Waals surface area (Å²) in [6.07, 6.45) is 3.99. The van der Waals surface area contributed by atoms with E-state index in [-0.39, 0.29) is 11.8 Å². The SMILES string of the molecule is O=C1NOC=CC1Cc1ccccc1. The highest BCUT2D eigenvalue weighted by molar-refractivity contribution is 5.80. The van der Waals surface area contributed by atoms with Gasteiger partial charge < -0.3 is 4.84 Å². The van der Waals surface area contributed by atoms with E-state index in [9.17, 15) is 4.79 Å². The van der Waals surface area contributed by atoms with Gasteiger partial charge in [0.1, 0.15) is 6.26 Å². The van der Waals surface area contributed by atoms with Crippen LogP contribution < -0.4 is 5.48 Å². The minimum absolute atomic E-state index is 0.0867. The van der Waals surface area contributed by atoms with Crippen molar-refractivity contribution in [1.82, 2.24) is 5.48 Å². The quantitative estimate of drug-likeness (QED) is 0.764. The molecule has 0 aliphatic carbocycles. The van der Waals surface area contributed by atoms with Gasteiger partial charge in [0.2, 0.25) is 0 Å². The van der Waals surface area contributed by atoms with Crippen LogP contribution >= 0.6 is 0 Å². The first kappa shape index (κ1) is 8.81. The molecule has 3 heteroatoms. The summed E-state index contributed by atoms with van der Waals surface area (Å²) in [7, 11) is 0. The van der Waals surface area contributed by atoms with Crippen molar-refractivity contribution in [3.8, 4) is 0 Å². The number of carbonyl (C=O) groups is 1. The van der Waals surface area contributed by atoms with Crippen molar-refractivity contribution in [3.63, 3.8) is 0 Å². The molecule has 1 aromatic carbocycles. The minimum atomic E-state index is -0.119. The van der Waals surface area contributed by atoms with Gasteiger partial charge >= 0.3 is 0 Å². The monoisotopic (exact) mass is 189 g/mol. The Morgan fingerprint density at radius 2 is 2.07 bits per heavy atom. The van der Waals surface area contributed by atoms with Gasteiger partial charge in [0.25, 0.3) is 5.91 Å². The molecule has 1 unspecified atom stereocenters. The summed E-state index contributed by atoms with van der Waals surface area (Å²) in [4.78, 5) is 16.0. The highest BCUT2D eigenvalue weighted by Crippen LogP contribution is 2.12. The lowest BCUT2D eigenvalue weighted by Crippen LogP contribution is -2.32. The zero-order valence-electron chi connectivity index (χ0n) is 7.64. The van der Waals surface area contributed by atoms with Crippen LogP contribution in [0.1, 0.15) is 5.56 Å². The van der Waals surface area contributed by atoms with E-state index < -0.39 is 0 Å². The van der Waals surface area contributed by atoms with E-state index in [1.165, 1.54) is 6.26 Å². The predicted molar refractivity (Wildman–Crippen MR) is 52.0 cm³/mol. The Bertz CT molecular complexity index is 346. The largest absolute Gasteiger partial charge is 0.388 e. The van der Waals surface area contributed by atoms with Crippen LogP contribution in [0.2, 0.25) is 0 Å². The van der Waals surface area contributed by atoms with Crippen LogP contribution in [-0.4, -0.2) is 5.91 Å². The fourth-order valence-electron chi connectivity index (χ4n) is 1.42. The molecule has 0 aromatic heterocycles. The summed E-state index contributed by atoms with van der Waals surface area (Å²) in [6, 6.07) is 9.92. The minimum Gasteiger partial charge on any atom is -0.388 e. The second kappa shape index (κ2) is 3.96. The van der Waals surface area contributed by atoms with E-state index in [0.717, 1.165) is 5.56 Å². The number of amides is 1. The lowest BCUT2D eigenvalue weighted by atomic mass is 9.98. The molecule has 1 N–H and O–H groups in total. The molecular formula is C11H11NO2. The molecule has 1 aromatic rings. The third-order valence-corrected chi connectivity index (χ3v) is 2.17. The summed E-state index contributed by atoms with van der Waals surface area (Å²) in [5, 5.41) is 0. The molecule has 0 radical (unpaired) electrons. The highest BCUT2D eigenvalue weighted by Gasteiger charge is 2.18. The van der Waals surface area contributed by atoms with Crippen LogP contribution in [0, 0.1) is 5.92 Å². The molecule has 3 nitrogen and oxygen atoms in total. The van der Waals surface area contributed by atoms with Crippen molar-refractivity contribution in [3.05, 3.63) is 48.2 Å². The summed E-state index contributed by atoms with van der Waals surface area (Å²) >= 11 is 0. The maximum atomic E-state index is 11.3. The Morgan fingerprint density at radius 3 is 2.79 bits per heavy atom. The number of carbonyl (C=O) groups excluding carboxylic acids is 1. The summed E-state index contributed by atoms with van der Waals surface area (Å²) in [6.45, 7) is 0. The van der Waals surface area contributed by atoms with E-state index >= 15 is 0 Å².